The third kappa shape index (κ3) is 2.98. The number of aromatic nitrogens is 2. The molecule has 0 aliphatic rings. The van der Waals surface area contributed by atoms with Gasteiger partial charge >= 0.3 is 0 Å². The predicted molar refractivity (Wildman–Crippen MR) is 53.8 cm³/mol. The Kier molecular flexibility index (Phi) is 4.36. The fraction of sp³-hybridized carbons (Fsp3) is 0.444. The first-order chi connectivity index (χ1) is 6.77. The van der Waals surface area contributed by atoms with Crippen molar-refractivity contribution in [2.45, 2.75) is 23.6 Å². The highest BCUT2D eigenvalue weighted by atomic mass is 32.2. The van der Waals surface area contributed by atoms with Crippen LogP contribution in [0.25, 0.3) is 0 Å². The lowest BCUT2D eigenvalue weighted by Crippen LogP contribution is -2.01. The molecule has 0 aliphatic heterocycles. The van der Waals surface area contributed by atoms with Gasteiger partial charge in [-0.1, -0.05) is 6.92 Å². The fourth-order valence-electron chi connectivity index (χ4n) is 0.919. The van der Waals surface area contributed by atoms with Gasteiger partial charge in [0.1, 0.15) is 11.1 Å². The van der Waals surface area contributed by atoms with Crippen LogP contribution in [-0.4, -0.2) is 26.9 Å². The molecule has 0 fully saturated rings. The number of nitriles is 1. The van der Waals surface area contributed by atoms with Crippen molar-refractivity contribution in [2.24, 2.45) is 0 Å². The van der Waals surface area contributed by atoms with Crippen LogP contribution >= 0.6 is 11.8 Å². The van der Waals surface area contributed by atoms with E-state index in [1.165, 1.54) is 18.0 Å². The minimum absolute atomic E-state index is 0.149. The van der Waals surface area contributed by atoms with Gasteiger partial charge in [-0.15, -0.1) is 11.8 Å². The highest BCUT2D eigenvalue weighted by molar-refractivity contribution is 7.99. The molecule has 0 aliphatic carbocycles. The summed E-state index contributed by atoms with van der Waals surface area (Å²) in [7, 11) is 0. The summed E-state index contributed by atoms with van der Waals surface area (Å²) in [6.07, 6.45) is 3.75. The maximum Gasteiger partial charge on any atom is 0.172 e. The third-order valence-corrected chi connectivity index (χ3v) is 2.78. The first kappa shape index (κ1) is 11.0. The van der Waals surface area contributed by atoms with Crippen LogP contribution in [0.4, 0.5) is 0 Å². The van der Waals surface area contributed by atoms with Gasteiger partial charge in [0, 0.05) is 24.3 Å². The van der Waals surface area contributed by atoms with E-state index < -0.39 is 0 Å². The lowest BCUT2D eigenvalue weighted by Gasteiger charge is -2.08. The van der Waals surface area contributed by atoms with Gasteiger partial charge in [0.25, 0.3) is 0 Å². The van der Waals surface area contributed by atoms with Crippen LogP contribution in [0.2, 0.25) is 0 Å². The fourth-order valence-corrected chi connectivity index (χ4v) is 1.86. The minimum atomic E-state index is 0.149. The van der Waals surface area contributed by atoms with Crippen LogP contribution in [0.15, 0.2) is 17.4 Å². The number of hydrogen-bond acceptors (Lipinski definition) is 5. The van der Waals surface area contributed by atoms with Crippen molar-refractivity contribution in [3.63, 3.8) is 0 Å². The molecule has 0 bridgehead atoms. The highest BCUT2D eigenvalue weighted by Gasteiger charge is 2.09. The zero-order valence-electron chi connectivity index (χ0n) is 7.84. The summed E-state index contributed by atoms with van der Waals surface area (Å²) in [4.78, 5) is 7.97. The Morgan fingerprint density at radius 1 is 1.57 bits per heavy atom. The van der Waals surface area contributed by atoms with E-state index in [9.17, 15) is 0 Å². The summed E-state index contributed by atoms with van der Waals surface area (Å²) in [5, 5.41) is 18.3. The molecule has 0 saturated carbocycles. The molecular weight excluding hydrogens is 198 g/mol. The van der Waals surface area contributed by atoms with Gasteiger partial charge in [-0.2, -0.15) is 5.26 Å². The quantitative estimate of drug-likeness (QED) is 0.755. The zero-order chi connectivity index (χ0) is 10.4. The van der Waals surface area contributed by atoms with Gasteiger partial charge < -0.3 is 5.11 Å². The van der Waals surface area contributed by atoms with Gasteiger partial charge in [0.2, 0.25) is 0 Å². The van der Waals surface area contributed by atoms with Crippen molar-refractivity contribution in [3.8, 4) is 6.07 Å². The Labute approximate surface area is 87.0 Å². The van der Waals surface area contributed by atoms with E-state index in [-0.39, 0.29) is 11.9 Å². The van der Waals surface area contributed by atoms with Crippen LogP contribution < -0.4 is 0 Å². The monoisotopic (exact) mass is 209 g/mol. The highest BCUT2D eigenvalue weighted by Crippen LogP contribution is 2.24. The third-order valence-electron chi connectivity index (χ3n) is 1.62. The van der Waals surface area contributed by atoms with Crippen molar-refractivity contribution in [3.05, 3.63) is 18.1 Å². The van der Waals surface area contributed by atoms with E-state index in [2.05, 4.69) is 9.97 Å². The van der Waals surface area contributed by atoms with Crippen molar-refractivity contribution < 1.29 is 5.11 Å². The van der Waals surface area contributed by atoms with E-state index in [0.717, 1.165) is 0 Å². The topological polar surface area (TPSA) is 69.8 Å². The zero-order valence-corrected chi connectivity index (χ0v) is 8.66. The van der Waals surface area contributed by atoms with Gasteiger partial charge in [0.15, 0.2) is 5.69 Å². The minimum Gasteiger partial charge on any atom is -0.396 e. The molecule has 14 heavy (non-hydrogen) atoms. The maximum atomic E-state index is 8.75. The Hall–Kier alpha value is -1.12. The average Bonchev–Trinajstić information content (AvgIpc) is 2.19. The second-order valence-corrected chi connectivity index (χ2v) is 4.19. The summed E-state index contributed by atoms with van der Waals surface area (Å²) in [5.41, 5.74) is 0.349. The van der Waals surface area contributed by atoms with Gasteiger partial charge in [0.05, 0.1) is 0 Å². The Morgan fingerprint density at radius 2 is 2.29 bits per heavy atom. The van der Waals surface area contributed by atoms with Crippen molar-refractivity contribution >= 4 is 11.8 Å². The first-order valence-electron chi connectivity index (χ1n) is 4.26. The molecule has 1 aromatic rings. The number of rotatable bonds is 4. The molecule has 74 valence electrons. The molecular formula is C9H11N3OS. The van der Waals surface area contributed by atoms with Crippen molar-refractivity contribution in [2.75, 3.05) is 6.61 Å². The van der Waals surface area contributed by atoms with Crippen LogP contribution in [0, 0.1) is 11.3 Å². The van der Waals surface area contributed by atoms with Gasteiger partial charge in [-0.25, -0.2) is 9.97 Å². The molecule has 1 N–H and O–H groups in total. The second-order valence-electron chi connectivity index (χ2n) is 2.76. The van der Waals surface area contributed by atoms with E-state index >= 15 is 0 Å². The summed E-state index contributed by atoms with van der Waals surface area (Å²) < 4.78 is 0. The van der Waals surface area contributed by atoms with E-state index in [0.29, 0.717) is 17.1 Å². The van der Waals surface area contributed by atoms with Crippen LogP contribution in [0.1, 0.15) is 19.0 Å². The average molecular weight is 209 g/mol. The molecule has 1 aromatic heterocycles. The molecule has 1 atom stereocenters. The summed E-state index contributed by atoms with van der Waals surface area (Å²) in [6, 6.07) is 1.99. The van der Waals surface area contributed by atoms with E-state index in [4.69, 9.17) is 10.4 Å². The number of aliphatic hydroxyl groups is 1. The Balaban J connectivity index is 2.71. The summed E-state index contributed by atoms with van der Waals surface area (Å²) in [6.45, 7) is 2.13. The SMILES string of the molecule is CC(CCO)Sc1nccnc1C#N. The number of nitrogens with zero attached hydrogens (tertiary/aromatic N) is 3. The number of aliphatic hydroxyl groups excluding tert-OH is 1. The maximum absolute atomic E-state index is 8.75. The second kappa shape index (κ2) is 5.58. The Morgan fingerprint density at radius 3 is 2.93 bits per heavy atom. The van der Waals surface area contributed by atoms with Crippen molar-refractivity contribution in [1.82, 2.24) is 9.97 Å². The lowest BCUT2D eigenvalue weighted by molar-refractivity contribution is 0.289. The number of thioether (sulfide) groups is 1. The molecule has 1 rings (SSSR count). The molecule has 0 radical (unpaired) electrons. The summed E-state index contributed by atoms with van der Waals surface area (Å²) >= 11 is 1.46. The van der Waals surface area contributed by atoms with E-state index in [1.807, 2.05) is 13.0 Å². The smallest absolute Gasteiger partial charge is 0.172 e. The molecule has 4 nitrogen and oxygen atoms in total. The predicted octanol–water partition coefficient (Wildman–Crippen LogP) is 1.21. The standard InChI is InChI=1S/C9H11N3OS/c1-7(2-5-13)14-9-8(6-10)11-3-4-12-9/h3-4,7,13H,2,5H2,1H3. The van der Waals surface area contributed by atoms with Crippen LogP contribution in [-0.2, 0) is 0 Å². The molecule has 0 amide bonds. The Bertz CT molecular complexity index is 337. The number of hydrogen-bond donors (Lipinski definition) is 1. The van der Waals surface area contributed by atoms with Gasteiger partial charge in [-0.05, 0) is 6.42 Å². The molecule has 0 saturated heterocycles. The largest absolute Gasteiger partial charge is 0.396 e. The van der Waals surface area contributed by atoms with Crippen LogP contribution in [0.5, 0.6) is 0 Å². The summed E-state index contributed by atoms with van der Waals surface area (Å²) in [5.74, 6) is 0. The normalized spacial score (nSPS) is 12.1. The molecule has 1 unspecified atom stereocenters. The molecule has 5 heteroatoms. The molecule has 1 heterocycles. The van der Waals surface area contributed by atoms with Crippen LogP contribution in [0.3, 0.4) is 0 Å². The van der Waals surface area contributed by atoms with Gasteiger partial charge in [-0.3, -0.25) is 0 Å². The van der Waals surface area contributed by atoms with E-state index in [1.54, 1.807) is 6.20 Å². The lowest BCUT2D eigenvalue weighted by atomic mass is 10.3. The first-order valence-corrected chi connectivity index (χ1v) is 5.14. The van der Waals surface area contributed by atoms with Crippen molar-refractivity contribution in [1.29, 1.82) is 5.26 Å². The molecule has 0 spiro atoms. The molecule has 0 aromatic carbocycles.